The lowest BCUT2D eigenvalue weighted by atomic mass is 10.0. The van der Waals surface area contributed by atoms with Gasteiger partial charge in [-0.05, 0) is 24.6 Å². The molecule has 1 saturated heterocycles. The van der Waals surface area contributed by atoms with E-state index in [-0.39, 0.29) is 30.7 Å². The van der Waals surface area contributed by atoms with Crippen LogP contribution >= 0.6 is 24.8 Å². The summed E-state index contributed by atoms with van der Waals surface area (Å²) in [5, 5.41) is 8.01. The molecule has 1 aliphatic heterocycles. The monoisotopic (exact) mass is 383 g/mol. The molecule has 3 rings (SSSR count). The Hall–Kier alpha value is -1.89. The topological polar surface area (TPSA) is 75.4 Å². The van der Waals surface area contributed by atoms with Crippen molar-refractivity contribution in [1.82, 2.24) is 15.1 Å². The number of hydrogen-bond acceptors (Lipinski definition) is 5. The molecule has 1 aromatic heterocycles. The zero-order valence-electron chi connectivity index (χ0n) is 14.0. The molecule has 136 valence electrons. The van der Waals surface area contributed by atoms with Gasteiger partial charge in [0.1, 0.15) is 6.04 Å². The normalized spacial score (nSPS) is 15.0. The van der Waals surface area contributed by atoms with E-state index in [1.807, 2.05) is 48.2 Å². The zero-order valence-corrected chi connectivity index (χ0v) is 15.7. The van der Waals surface area contributed by atoms with E-state index in [0.29, 0.717) is 13.1 Å². The molecule has 0 bridgehead atoms. The van der Waals surface area contributed by atoms with E-state index in [0.717, 1.165) is 30.0 Å². The lowest BCUT2D eigenvalue weighted by Gasteiger charge is -2.36. The summed E-state index contributed by atoms with van der Waals surface area (Å²) in [6, 6.07) is 11.0. The summed E-state index contributed by atoms with van der Waals surface area (Å²) in [6.45, 7) is 4.79. The van der Waals surface area contributed by atoms with Crippen molar-refractivity contribution >= 4 is 36.5 Å². The maximum absolute atomic E-state index is 12.6. The Morgan fingerprint density at radius 1 is 1.08 bits per heavy atom. The van der Waals surface area contributed by atoms with Crippen LogP contribution < -0.4 is 10.6 Å². The highest BCUT2D eigenvalue weighted by Gasteiger charge is 2.26. The lowest BCUT2D eigenvalue weighted by molar-refractivity contribution is -0.133. The standard InChI is InChI=1S/C17H21N5O.2ClH/c1-13-4-6-14(7-5-13)16(18)17(23)22-11-9-21(10-12-22)15-3-2-8-19-20-15;;/h2-8,16H,9-12,18H2,1H3;2*1H. The van der Waals surface area contributed by atoms with E-state index in [4.69, 9.17) is 5.73 Å². The number of hydrogen-bond donors (Lipinski definition) is 1. The first-order chi connectivity index (χ1) is 11.1. The van der Waals surface area contributed by atoms with Crippen LogP contribution in [0.25, 0.3) is 0 Å². The number of amides is 1. The number of carbonyl (C=O) groups excluding carboxylic acids is 1. The SMILES string of the molecule is Cc1ccc(C(N)C(=O)N2CCN(c3cccnn3)CC2)cc1.Cl.Cl. The summed E-state index contributed by atoms with van der Waals surface area (Å²) < 4.78 is 0. The molecule has 2 aromatic rings. The molecule has 2 N–H and O–H groups in total. The van der Waals surface area contributed by atoms with Gasteiger partial charge in [-0.3, -0.25) is 4.79 Å². The second-order valence-electron chi connectivity index (χ2n) is 5.78. The summed E-state index contributed by atoms with van der Waals surface area (Å²) in [5.74, 6) is 0.829. The van der Waals surface area contributed by atoms with Crippen molar-refractivity contribution in [2.75, 3.05) is 31.1 Å². The Labute approximate surface area is 160 Å². The number of carbonyl (C=O) groups is 1. The Kier molecular flexibility index (Phi) is 8.09. The van der Waals surface area contributed by atoms with Gasteiger partial charge in [-0.15, -0.1) is 29.9 Å². The second kappa shape index (κ2) is 9.56. The predicted molar refractivity (Wildman–Crippen MR) is 103 cm³/mol. The molecule has 8 heteroatoms. The molecule has 0 aliphatic carbocycles. The van der Waals surface area contributed by atoms with Gasteiger partial charge in [0.15, 0.2) is 5.82 Å². The Bertz CT molecular complexity index is 660. The van der Waals surface area contributed by atoms with E-state index in [2.05, 4.69) is 15.1 Å². The molecule has 0 radical (unpaired) electrons. The first kappa shape index (κ1) is 21.2. The molecule has 1 amide bonds. The van der Waals surface area contributed by atoms with Gasteiger partial charge >= 0.3 is 0 Å². The number of rotatable bonds is 3. The number of halogens is 2. The van der Waals surface area contributed by atoms with E-state index in [1.165, 1.54) is 0 Å². The van der Waals surface area contributed by atoms with Gasteiger partial charge in [0, 0.05) is 32.4 Å². The summed E-state index contributed by atoms with van der Waals surface area (Å²) >= 11 is 0. The van der Waals surface area contributed by atoms with E-state index >= 15 is 0 Å². The van der Waals surface area contributed by atoms with E-state index in [9.17, 15) is 4.79 Å². The summed E-state index contributed by atoms with van der Waals surface area (Å²) in [6.07, 6.45) is 1.66. The van der Waals surface area contributed by atoms with Crippen LogP contribution in [0.2, 0.25) is 0 Å². The second-order valence-corrected chi connectivity index (χ2v) is 5.78. The van der Waals surface area contributed by atoms with Crippen molar-refractivity contribution in [3.8, 4) is 0 Å². The molecule has 2 heterocycles. The molecular formula is C17H23Cl2N5O. The Morgan fingerprint density at radius 2 is 1.72 bits per heavy atom. The third-order valence-electron chi connectivity index (χ3n) is 4.18. The smallest absolute Gasteiger partial charge is 0.244 e. The van der Waals surface area contributed by atoms with Crippen molar-refractivity contribution in [3.63, 3.8) is 0 Å². The third kappa shape index (κ3) is 5.04. The maximum atomic E-state index is 12.6. The van der Waals surface area contributed by atoms with Crippen LogP contribution in [0.3, 0.4) is 0 Å². The van der Waals surface area contributed by atoms with Gasteiger partial charge in [-0.25, -0.2) is 0 Å². The van der Waals surface area contributed by atoms with Crippen molar-refractivity contribution in [2.45, 2.75) is 13.0 Å². The number of nitrogens with two attached hydrogens (primary N) is 1. The summed E-state index contributed by atoms with van der Waals surface area (Å²) in [4.78, 5) is 16.5. The molecule has 1 atom stereocenters. The average molecular weight is 384 g/mol. The number of aromatic nitrogens is 2. The first-order valence-corrected chi connectivity index (χ1v) is 7.79. The number of anilines is 1. The van der Waals surface area contributed by atoms with Crippen molar-refractivity contribution in [1.29, 1.82) is 0 Å². The minimum atomic E-state index is -0.598. The van der Waals surface area contributed by atoms with Crippen molar-refractivity contribution < 1.29 is 4.79 Å². The fourth-order valence-electron chi connectivity index (χ4n) is 2.73. The average Bonchev–Trinajstić information content (AvgIpc) is 2.62. The molecule has 0 spiro atoms. The fraction of sp³-hybridized carbons (Fsp3) is 0.353. The van der Waals surface area contributed by atoms with Gasteiger partial charge < -0.3 is 15.5 Å². The fourth-order valence-corrected chi connectivity index (χ4v) is 2.73. The van der Waals surface area contributed by atoms with Crippen LogP contribution in [-0.2, 0) is 4.79 Å². The molecule has 25 heavy (non-hydrogen) atoms. The molecule has 1 unspecified atom stereocenters. The highest BCUT2D eigenvalue weighted by atomic mass is 35.5. The highest BCUT2D eigenvalue weighted by Crippen LogP contribution is 2.17. The van der Waals surface area contributed by atoms with Gasteiger partial charge in [0.05, 0.1) is 0 Å². The molecule has 1 aromatic carbocycles. The first-order valence-electron chi connectivity index (χ1n) is 7.79. The molecular weight excluding hydrogens is 361 g/mol. The van der Waals surface area contributed by atoms with Gasteiger partial charge in [-0.2, -0.15) is 5.10 Å². The molecule has 0 saturated carbocycles. The summed E-state index contributed by atoms with van der Waals surface area (Å²) in [7, 11) is 0. The van der Waals surface area contributed by atoms with Crippen molar-refractivity contribution in [3.05, 3.63) is 53.7 Å². The van der Waals surface area contributed by atoms with Gasteiger partial charge in [-0.1, -0.05) is 29.8 Å². The quantitative estimate of drug-likeness (QED) is 0.876. The van der Waals surface area contributed by atoms with Crippen LogP contribution in [0, 0.1) is 6.92 Å². The van der Waals surface area contributed by atoms with E-state index < -0.39 is 6.04 Å². The van der Waals surface area contributed by atoms with Crippen LogP contribution in [0.15, 0.2) is 42.6 Å². The van der Waals surface area contributed by atoms with Crippen LogP contribution in [0.1, 0.15) is 17.2 Å². The highest BCUT2D eigenvalue weighted by molar-refractivity contribution is 5.85. The minimum Gasteiger partial charge on any atom is -0.352 e. The zero-order chi connectivity index (χ0) is 16.2. The molecule has 1 fully saturated rings. The van der Waals surface area contributed by atoms with Gasteiger partial charge in [0.2, 0.25) is 5.91 Å². The predicted octanol–water partition coefficient (Wildman–Crippen LogP) is 1.98. The molecule has 6 nitrogen and oxygen atoms in total. The Balaban J connectivity index is 0.00000156. The maximum Gasteiger partial charge on any atom is 0.244 e. The largest absolute Gasteiger partial charge is 0.352 e. The van der Waals surface area contributed by atoms with Crippen LogP contribution in [-0.4, -0.2) is 47.2 Å². The van der Waals surface area contributed by atoms with Gasteiger partial charge in [0.25, 0.3) is 0 Å². The Morgan fingerprint density at radius 3 is 2.28 bits per heavy atom. The number of piperazine rings is 1. The van der Waals surface area contributed by atoms with E-state index in [1.54, 1.807) is 6.20 Å². The lowest BCUT2D eigenvalue weighted by Crippen LogP contribution is -2.51. The minimum absolute atomic E-state index is 0. The van der Waals surface area contributed by atoms with Crippen molar-refractivity contribution in [2.24, 2.45) is 5.73 Å². The number of aryl methyl sites for hydroxylation is 1. The number of nitrogens with zero attached hydrogens (tertiary/aromatic N) is 4. The third-order valence-corrected chi connectivity index (χ3v) is 4.18. The number of benzene rings is 1. The van der Waals surface area contributed by atoms with Crippen LogP contribution in [0.5, 0.6) is 0 Å². The molecule has 1 aliphatic rings. The van der Waals surface area contributed by atoms with Crippen LogP contribution in [0.4, 0.5) is 5.82 Å². The summed E-state index contributed by atoms with van der Waals surface area (Å²) in [5.41, 5.74) is 8.15.